The molecule has 1 fully saturated rings. The molecule has 26 heavy (non-hydrogen) atoms. The molecule has 1 aliphatic rings. The van der Waals surface area contributed by atoms with Crippen LogP contribution in [0.2, 0.25) is 0 Å². The normalized spacial score (nSPS) is 15.1. The van der Waals surface area contributed by atoms with Gasteiger partial charge in [-0.05, 0) is 24.2 Å². The van der Waals surface area contributed by atoms with E-state index < -0.39 is 4.92 Å². The fourth-order valence-corrected chi connectivity index (χ4v) is 2.96. The van der Waals surface area contributed by atoms with Crippen LogP contribution in [0.5, 0.6) is 0 Å². The summed E-state index contributed by atoms with van der Waals surface area (Å²) < 4.78 is 13.0. The molecule has 0 unspecified atom stereocenters. The Balaban J connectivity index is 1.80. The van der Waals surface area contributed by atoms with E-state index in [2.05, 4.69) is 27.1 Å². The zero-order chi connectivity index (χ0) is 18.5. The highest BCUT2D eigenvalue weighted by Gasteiger charge is 2.28. The van der Waals surface area contributed by atoms with Gasteiger partial charge in [-0.3, -0.25) is 10.1 Å². The molecule has 0 radical (unpaired) electrons. The van der Waals surface area contributed by atoms with Gasteiger partial charge < -0.3 is 15.1 Å². The molecule has 1 N–H and O–H groups in total. The molecule has 8 nitrogen and oxygen atoms in total. The number of piperazine rings is 1. The SMILES string of the molecule is CCN1CCN(c2ncnc(NCc3ccc(F)cc3)c2[N+](=O)[O-])CC1. The minimum atomic E-state index is -0.450. The third-order valence-corrected chi connectivity index (χ3v) is 4.48. The number of halogens is 1. The Morgan fingerprint density at radius 3 is 2.50 bits per heavy atom. The van der Waals surface area contributed by atoms with Crippen LogP contribution in [0.25, 0.3) is 0 Å². The second kappa shape index (κ2) is 8.05. The molecule has 0 amide bonds. The first-order valence-electron chi connectivity index (χ1n) is 8.53. The quantitative estimate of drug-likeness (QED) is 0.624. The second-order valence-corrected chi connectivity index (χ2v) is 6.05. The van der Waals surface area contributed by atoms with Gasteiger partial charge in [0.2, 0.25) is 11.6 Å². The lowest BCUT2D eigenvalue weighted by Crippen LogP contribution is -2.46. The van der Waals surface area contributed by atoms with Crippen molar-refractivity contribution in [3.8, 4) is 0 Å². The summed E-state index contributed by atoms with van der Waals surface area (Å²) in [5.74, 6) is 0.180. The number of rotatable bonds is 6. The van der Waals surface area contributed by atoms with Crippen molar-refractivity contribution in [1.29, 1.82) is 0 Å². The van der Waals surface area contributed by atoms with Crippen molar-refractivity contribution < 1.29 is 9.31 Å². The highest BCUT2D eigenvalue weighted by atomic mass is 19.1. The van der Waals surface area contributed by atoms with E-state index in [-0.39, 0.29) is 17.3 Å². The van der Waals surface area contributed by atoms with E-state index in [0.29, 0.717) is 25.5 Å². The van der Waals surface area contributed by atoms with Crippen LogP contribution in [-0.4, -0.2) is 52.5 Å². The van der Waals surface area contributed by atoms with Gasteiger partial charge in [-0.15, -0.1) is 0 Å². The van der Waals surface area contributed by atoms with Crippen LogP contribution < -0.4 is 10.2 Å². The van der Waals surface area contributed by atoms with E-state index in [9.17, 15) is 14.5 Å². The maximum absolute atomic E-state index is 13.0. The number of likely N-dealkylation sites (N-methyl/N-ethyl adjacent to an activating group) is 1. The monoisotopic (exact) mass is 360 g/mol. The smallest absolute Gasteiger partial charge is 0.353 e. The molecular formula is C17H21FN6O2. The molecule has 0 bridgehead atoms. The van der Waals surface area contributed by atoms with Crippen LogP contribution in [0.4, 0.5) is 21.7 Å². The first kappa shape index (κ1) is 18.0. The van der Waals surface area contributed by atoms with Crippen LogP contribution in [0.1, 0.15) is 12.5 Å². The predicted octanol–water partition coefficient (Wildman–Crippen LogP) is 2.28. The maximum atomic E-state index is 13.0. The Kier molecular flexibility index (Phi) is 5.57. The summed E-state index contributed by atoms with van der Waals surface area (Å²) in [7, 11) is 0. The van der Waals surface area contributed by atoms with Gasteiger partial charge in [0.25, 0.3) is 0 Å². The highest BCUT2D eigenvalue weighted by molar-refractivity contribution is 5.70. The number of nitro groups is 1. The molecule has 0 aliphatic carbocycles. The molecule has 1 saturated heterocycles. The standard InChI is InChI=1S/C17H21FN6O2/c1-2-22-7-9-23(10-8-22)17-15(24(25)26)16(20-12-21-17)19-11-13-3-5-14(18)6-4-13/h3-6,12H,2,7-11H2,1H3,(H,19,20,21). The van der Waals surface area contributed by atoms with Gasteiger partial charge in [0.05, 0.1) is 4.92 Å². The van der Waals surface area contributed by atoms with Crippen molar-refractivity contribution >= 4 is 17.3 Å². The lowest BCUT2D eigenvalue weighted by atomic mass is 10.2. The van der Waals surface area contributed by atoms with Crippen molar-refractivity contribution in [3.63, 3.8) is 0 Å². The largest absolute Gasteiger partial charge is 0.360 e. The molecule has 0 spiro atoms. The number of aromatic nitrogens is 2. The van der Waals surface area contributed by atoms with Gasteiger partial charge >= 0.3 is 5.69 Å². The first-order chi connectivity index (χ1) is 12.6. The number of nitrogens with one attached hydrogen (secondary N) is 1. The van der Waals surface area contributed by atoms with E-state index in [1.807, 2.05) is 4.90 Å². The van der Waals surface area contributed by atoms with Gasteiger partial charge in [0.1, 0.15) is 12.1 Å². The van der Waals surface area contributed by atoms with Crippen LogP contribution in [0, 0.1) is 15.9 Å². The number of nitrogens with zero attached hydrogens (tertiary/aromatic N) is 5. The molecule has 0 saturated carbocycles. The van der Waals surface area contributed by atoms with Crippen molar-refractivity contribution in [2.24, 2.45) is 0 Å². The number of hydrogen-bond donors (Lipinski definition) is 1. The molecule has 9 heteroatoms. The minimum Gasteiger partial charge on any atom is -0.360 e. The van der Waals surface area contributed by atoms with E-state index in [0.717, 1.165) is 25.2 Å². The lowest BCUT2D eigenvalue weighted by Gasteiger charge is -2.34. The first-order valence-corrected chi connectivity index (χ1v) is 8.53. The summed E-state index contributed by atoms with van der Waals surface area (Å²) in [5.41, 5.74) is 0.678. The van der Waals surface area contributed by atoms with Gasteiger partial charge in [-0.1, -0.05) is 19.1 Å². The zero-order valence-corrected chi connectivity index (χ0v) is 14.6. The third-order valence-electron chi connectivity index (χ3n) is 4.48. The van der Waals surface area contributed by atoms with Crippen molar-refractivity contribution in [1.82, 2.24) is 14.9 Å². The van der Waals surface area contributed by atoms with Gasteiger partial charge in [0, 0.05) is 32.7 Å². The maximum Gasteiger partial charge on any atom is 0.353 e. The van der Waals surface area contributed by atoms with E-state index in [1.165, 1.54) is 18.5 Å². The third kappa shape index (κ3) is 4.05. The fraction of sp³-hybridized carbons (Fsp3) is 0.412. The van der Waals surface area contributed by atoms with Crippen LogP contribution >= 0.6 is 0 Å². The summed E-state index contributed by atoms with van der Waals surface area (Å²) in [6, 6.07) is 5.95. The summed E-state index contributed by atoms with van der Waals surface area (Å²) in [4.78, 5) is 23.6. The van der Waals surface area contributed by atoms with Gasteiger partial charge in [-0.2, -0.15) is 0 Å². The molecule has 1 aliphatic heterocycles. The van der Waals surface area contributed by atoms with E-state index in [4.69, 9.17) is 0 Å². The lowest BCUT2D eigenvalue weighted by molar-refractivity contribution is -0.383. The van der Waals surface area contributed by atoms with Crippen molar-refractivity contribution in [2.75, 3.05) is 42.9 Å². The molecule has 3 rings (SSSR count). The van der Waals surface area contributed by atoms with Crippen molar-refractivity contribution in [3.05, 3.63) is 52.1 Å². The molecule has 0 atom stereocenters. The average Bonchev–Trinajstić information content (AvgIpc) is 2.67. The van der Waals surface area contributed by atoms with Crippen molar-refractivity contribution in [2.45, 2.75) is 13.5 Å². The molecule has 2 heterocycles. The van der Waals surface area contributed by atoms with Crippen LogP contribution in [-0.2, 0) is 6.54 Å². The van der Waals surface area contributed by atoms with Gasteiger partial charge in [-0.25, -0.2) is 14.4 Å². The topological polar surface area (TPSA) is 87.4 Å². The van der Waals surface area contributed by atoms with E-state index >= 15 is 0 Å². The molecule has 1 aromatic carbocycles. The van der Waals surface area contributed by atoms with Crippen LogP contribution in [0.15, 0.2) is 30.6 Å². The fourth-order valence-electron chi connectivity index (χ4n) is 2.96. The minimum absolute atomic E-state index is 0.125. The Labute approximate surface area is 150 Å². The van der Waals surface area contributed by atoms with Gasteiger partial charge in [0.15, 0.2) is 0 Å². The number of benzene rings is 1. The van der Waals surface area contributed by atoms with E-state index in [1.54, 1.807) is 12.1 Å². The molecule has 138 valence electrons. The Morgan fingerprint density at radius 2 is 1.88 bits per heavy atom. The number of anilines is 2. The summed E-state index contributed by atoms with van der Waals surface area (Å²) in [5, 5.41) is 14.6. The average molecular weight is 360 g/mol. The summed E-state index contributed by atoms with van der Waals surface area (Å²) in [6.45, 7) is 6.42. The molecular weight excluding hydrogens is 339 g/mol. The summed E-state index contributed by atoms with van der Waals surface area (Å²) >= 11 is 0. The molecule has 1 aromatic heterocycles. The Hall–Kier alpha value is -2.81. The predicted molar refractivity (Wildman–Crippen MR) is 96.7 cm³/mol. The second-order valence-electron chi connectivity index (χ2n) is 6.05. The summed E-state index contributed by atoms with van der Waals surface area (Å²) in [6.07, 6.45) is 1.33. The van der Waals surface area contributed by atoms with Crippen LogP contribution in [0.3, 0.4) is 0 Å². The Morgan fingerprint density at radius 1 is 1.19 bits per heavy atom. The Bertz CT molecular complexity index is 762. The molecule has 2 aromatic rings. The number of hydrogen-bond acceptors (Lipinski definition) is 7. The highest BCUT2D eigenvalue weighted by Crippen LogP contribution is 2.32. The zero-order valence-electron chi connectivity index (χ0n) is 14.6.